The van der Waals surface area contributed by atoms with E-state index in [4.69, 9.17) is 12.2 Å². The topological polar surface area (TPSA) is 185 Å². The molecule has 0 fully saturated rings. The fraction of sp³-hybridized carbons (Fsp3) is 0.300. The molecule has 0 aromatic heterocycles. The van der Waals surface area contributed by atoms with Gasteiger partial charge in [0.15, 0.2) is 0 Å². The van der Waals surface area contributed by atoms with Crippen LogP contribution in [0.25, 0.3) is 0 Å². The van der Waals surface area contributed by atoms with E-state index in [-0.39, 0.29) is 11.4 Å². The summed E-state index contributed by atoms with van der Waals surface area (Å²) in [5.74, 6) is 0. The van der Waals surface area contributed by atoms with Gasteiger partial charge in [0.25, 0.3) is 0 Å². The zero-order valence-corrected chi connectivity index (χ0v) is 15.5. The summed E-state index contributed by atoms with van der Waals surface area (Å²) in [7, 11) is -14.2. The highest BCUT2D eigenvalue weighted by Crippen LogP contribution is 2.40. The second kappa shape index (κ2) is 7.59. The monoisotopic (exact) mass is 414 g/mol. The first kappa shape index (κ1) is 21.2. The van der Waals surface area contributed by atoms with Gasteiger partial charge < -0.3 is 34.0 Å². The van der Waals surface area contributed by atoms with Gasteiger partial charge in [-0.3, -0.25) is 4.72 Å². The standard InChI is InChI=1S/C10H16N2O8P2S2/c1-24(19,20)12-8-4-2-7(3-5-8)11-10(23)9(22(16,17)18)6-21(13,14)15/h2-5,9,12H,6H2,1H3,(H,11,23)(H2,13,14,15)(H2,16,17,18)/p-4. The summed E-state index contributed by atoms with van der Waals surface area (Å²) in [6.07, 6.45) is -0.500. The average molecular weight is 414 g/mol. The van der Waals surface area contributed by atoms with Gasteiger partial charge >= 0.3 is 0 Å². The zero-order chi connectivity index (χ0) is 18.8. The third-order valence-electron chi connectivity index (χ3n) is 2.54. The van der Waals surface area contributed by atoms with Gasteiger partial charge in [0.1, 0.15) is 0 Å². The van der Waals surface area contributed by atoms with E-state index < -0.39 is 42.0 Å². The molecule has 0 aliphatic rings. The van der Waals surface area contributed by atoms with E-state index in [2.05, 4.69) is 10.0 Å². The van der Waals surface area contributed by atoms with E-state index in [0.717, 1.165) is 6.26 Å². The van der Waals surface area contributed by atoms with Crippen LogP contribution >= 0.6 is 27.4 Å². The molecular formula is C10H12N2O8P2S2-4. The maximum atomic E-state index is 11.1. The maximum Gasteiger partial charge on any atom is 0.229 e. The lowest BCUT2D eigenvalue weighted by molar-refractivity contribution is -0.321. The van der Waals surface area contributed by atoms with Gasteiger partial charge in [-0.2, -0.15) is 0 Å². The van der Waals surface area contributed by atoms with Crippen LogP contribution in [0.4, 0.5) is 11.4 Å². The number of nitrogens with one attached hydrogen (secondary N) is 2. The number of hydrogen-bond acceptors (Lipinski definition) is 9. The second-order valence-electron chi connectivity index (χ2n) is 4.79. The van der Waals surface area contributed by atoms with Gasteiger partial charge in [-0.25, -0.2) is 8.42 Å². The highest BCUT2D eigenvalue weighted by molar-refractivity contribution is 7.92. The summed E-state index contributed by atoms with van der Waals surface area (Å²) in [6, 6.07) is 5.26. The lowest BCUT2D eigenvalue weighted by atomic mass is 10.3. The molecule has 14 heteroatoms. The molecule has 0 aliphatic heterocycles. The Morgan fingerprint density at radius 1 is 1.12 bits per heavy atom. The Labute approximate surface area is 143 Å². The van der Waals surface area contributed by atoms with Crippen LogP contribution in [0.1, 0.15) is 0 Å². The van der Waals surface area contributed by atoms with E-state index in [1.807, 2.05) is 0 Å². The van der Waals surface area contributed by atoms with E-state index in [1.54, 1.807) is 0 Å². The van der Waals surface area contributed by atoms with Crippen LogP contribution in [0.15, 0.2) is 24.3 Å². The minimum atomic E-state index is -5.47. The van der Waals surface area contributed by atoms with E-state index in [0.29, 0.717) is 0 Å². The van der Waals surface area contributed by atoms with Gasteiger partial charge in [-0.1, -0.05) is 27.4 Å². The van der Waals surface area contributed by atoms with Gasteiger partial charge in [-0.05, 0) is 30.4 Å². The SMILES string of the molecule is CS(=O)(=O)Nc1ccc(NC(=S)C(CP(=O)([O-])[O-])P(=O)([O-])[O-])cc1. The first-order valence-corrected chi connectivity index (χ1v) is 11.7. The third-order valence-corrected chi connectivity index (χ3v) is 6.01. The number of sulfonamides is 1. The molecule has 136 valence electrons. The molecule has 1 aromatic rings. The minimum Gasteiger partial charge on any atom is -0.811 e. The summed E-state index contributed by atoms with van der Waals surface area (Å²) in [5.41, 5.74) is -1.81. The molecular weight excluding hydrogens is 402 g/mol. The zero-order valence-electron chi connectivity index (χ0n) is 12.1. The predicted molar refractivity (Wildman–Crippen MR) is 85.0 cm³/mol. The first-order valence-electron chi connectivity index (χ1n) is 6.09. The van der Waals surface area contributed by atoms with Crippen molar-refractivity contribution in [3.8, 4) is 0 Å². The summed E-state index contributed by atoms with van der Waals surface area (Å²) in [6.45, 7) is 0. The van der Waals surface area contributed by atoms with Crippen LogP contribution in [0.2, 0.25) is 0 Å². The predicted octanol–water partition coefficient (Wildman–Crippen LogP) is -2.01. The van der Waals surface area contributed by atoms with Crippen molar-refractivity contribution < 1.29 is 37.1 Å². The number of thiocarbonyl (C=S) groups is 1. The molecule has 1 aromatic carbocycles. The Bertz CT molecular complexity index is 799. The largest absolute Gasteiger partial charge is 0.811 e. The summed E-state index contributed by atoms with van der Waals surface area (Å²) < 4.78 is 46.2. The quantitative estimate of drug-likeness (QED) is 0.373. The molecule has 0 radical (unpaired) electrons. The molecule has 1 rings (SSSR count). The number of rotatable bonds is 7. The van der Waals surface area contributed by atoms with Crippen molar-refractivity contribution in [1.29, 1.82) is 0 Å². The molecule has 0 aliphatic carbocycles. The van der Waals surface area contributed by atoms with Crippen LogP contribution in [0.3, 0.4) is 0 Å². The molecule has 1 atom stereocenters. The smallest absolute Gasteiger partial charge is 0.229 e. The molecule has 24 heavy (non-hydrogen) atoms. The number of benzene rings is 1. The fourth-order valence-corrected chi connectivity index (χ4v) is 5.23. The molecule has 0 saturated heterocycles. The minimum absolute atomic E-state index is 0.170. The second-order valence-corrected chi connectivity index (χ2v) is 10.3. The summed E-state index contributed by atoms with van der Waals surface area (Å²) in [4.78, 5) is 43.1. The lowest BCUT2D eigenvalue weighted by Gasteiger charge is -2.43. The number of hydrogen-bond donors (Lipinski definition) is 2. The Morgan fingerprint density at radius 2 is 1.58 bits per heavy atom. The molecule has 0 spiro atoms. The Hall–Kier alpha value is -0.840. The summed E-state index contributed by atoms with van der Waals surface area (Å²) in [5, 5.41) is 2.34. The van der Waals surface area contributed by atoms with Crippen molar-refractivity contribution in [3.05, 3.63) is 24.3 Å². The summed E-state index contributed by atoms with van der Waals surface area (Å²) >= 11 is 4.70. The number of anilines is 2. The third kappa shape index (κ3) is 7.82. The normalized spacial score (nSPS) is 14.0. The first-order chi connectivity index (χ1) is 10.7. The van der Waals surface area contributed by atoms with E-state index in [9.17, 15) is 37.1 Å². The van der Waals surface area contributed by atoms with Crippen molar-refractivity contribution in [2.45, 2.75) is 5.66 Å². The van der Waals surface area contributed by atoms with E-state index >= 15 is 0 Å². The van der Waals surface area contributed by atoms with Gasteiger partial charge in [0, 0.05) is 17.0 Å². The Balaban J connectivity index is 2.91. The molecule has 2 N–H and O–H groups in total. The van der Waals surface area contributed by atoms with Crippen LogP contribution in [-0.2, 0) is 19.2 Å². The van der Waals surface area contributed by atoms with Crippen molar-refractivity contribution in [3.63, 3.8) is 0 Å². The molecule has 0 heterocycles. The highest BCUT2D eigenvalue weighted by Gasteiger charge is 2.20. The average Bonchev–Trinajstić information content (AvgIpc) is 2.34. The maximum absolute atomic E-state index is 11.1. The molecule has 0 amide bonds. The molecule has 0 bridgehead atoms. The molecule has 10 nitrogen and oxygen atoms in total. The Morgan fingerprint density at radius 3 is 1.96 bits per heavy atom. The van der Waals surface area contributed by atoms with Gasteiger partial charge in [-0.15, -0.1) is 0 Å². The van der Waals surface area contributed by atoms with E-state index in [1.165, 1.54) is 24.3 Å². The van der Waals surface area contributed by atoms with Crippen LogP contribution < -0.4 is 29.6 Å². The van der Waals surface area contributed by atoms with Crippen LogP contribution in [0, 0.1) is 0 Å². The fourth-order valence-electron chi connectivity index (χ4n) is 1.60. The van der Waals surface area contributed by atoms with Gasteiger partial charge in [0.05, 0.1) is 11.2 Å². The highest BCUT2D eigenvalue weighted by atomic mass is 32.2. The van der Waals surface area contributed by atoms with Crippen molar-refractivity contribution >= 4 is 53.8 Å². The van der Waals surface area contributed by atoms with Crippen LogP contribution in [0.5, 0.6) is 0 Å². The van der Waals surface area contributed by atoms with Gasteiger partial charge in [0.2, 0.25) is 10.0 Å². The lowest BCUT2D eigenvalue weighted by Crippen LogP contribution is -2.40. The van der Waals surface area contributed by atoms with Crippen LogP contribution in [-0.4, -0.2) is 31.5 Å². The van der Waals surface area contributed by atoms with Crippen molar-refractivity contribution in [2.24, 2.45) is 0 Å². The molecule has 0 saturated carbocycles. The Kier molecular flexibility index (Phi) is 6.70. The van der Waals surface area contributed by atoms with Crippen molar-refractivity contribution in [1.82, 2.24) is 0 Å². The van der Waals surface area contributed by atoms with Crippen molar-refractivity contribution in [2.75, 3.05) is 22.5 Å². The molecule has 1 unspecified atom stereocenters.